The first-order valence-corrected chi connectivity index (χ1v) is 5.53. The Morgan fingerprint density at radius 3 is 3.13 bits per heavy atom. The van der Waals surface area contributed by atoms with E-state index in [0.29, 0.717) is 19.7 Å². The highest BCUT2D eigenvalue weighted by Gasteiger charge is 2.07. The molecule has 0 saturated heterocycles. The SMILES string of the molecule is COCCN(C)C(=O)NCc1cscn1. The molecule has 0 saturated carbocycles. The first-order valence-electron chi connectivity index (χ1n) is 4.59. The van der Waals surface area contributed by atoms with Crippen molar-refractivity contribution in [3.8, 4) is 0 Å². The van der Waals surface area contributed by atoms with E-state index < -0.39 is 0 Å². The van der Waals surface area contributed by atoms with Gasteiger partial charge in [0.05, 0.1) is 24.4 Å². The number of thiazole rings is 1. The van der Waals surface area contributed by atoms with Crippen LogP contribution in [0, 0.1) is 0 Å². The van der Waals surface area contributed by atoms with Gasteiger partial charge in [-0.05, 0) is 0 Å². The van der Waals surface area contributed by atoms with Crippen molar-refractivity contribution in [2.24, 2.45) is 0 Å². The summed E-state index contributed by atoms with van der Waals surface area (Å²) in [6, 6.07) is -0.111. The summed E-state index contributed by atoms with van der Waals surface area (Å²) in [6.45, 7) is 1.60. The Labute approximate surface area is 93.1 Å². The van der Waals surface area contributed by atoms with Gasteiger partial charge in [-0.25, -0.2) is 9.78 Å². The van der Waals surface area contributed by atoms with Gasteiger partial charge in [-0.3, -0.25) is 0 Å². The van der Waals surface area contributed by atoms with Gasteiger partial charge in [-0.15, -0.1) is 11.3 Å². The molecular weight excluding hydrogens is 214 g/mol. The van der Waals surface area contributed by atoms with Crippen molar-refractivity contribution in [1.82, 2.24) is 15.2 Å². The Morgan fingerprint density at radius 2 is 2.53 bits per heavy atom. The summed E-state index contributed by atoms with van der Waals surface area (Å²) in [5, 5.41) is 4.68. The summed E-state index contributed by atoms with van der Waals surface area (Å²) in [4.78, 5) is 17.1. The van der Waals surface area contributed by atoms with E-state index in [2.05, 4.69) is 10.3 Å². The van der Waals surface area contributed by atoms with Gasteiger partial charge < -0.3 is 15.0 Å². The molecule has 1 rings (SSSR count). The Hall–Kier alpha value is -1.14. The summed E-state index contributed by atoms with van der Waals surface area (Å²) in [6.07, 6.45) is 0. The van der Waals surface area contributed by atoms with Crippen molar-refractivity contribution in [1.29, 1.82) is 0 Å². The highest BCUT2D eigenvalue weighted by molar-refractivity contribution is 7.07. The first kappa shape index (κ1) is 11.9. The molecule has 1 aromatic heterocycles. The number of carbonyl (C=O) groups is 1. The fourth-order valence-corrected chi connectivity index (χ4v) is 1.51. The lowest BCUT2D eigenvalue weighted by molar-refractivity contribution is 0.159. The number of ether oxygens (including phenoxy) is 1. The number of nitrogens with one attached hydrogen (secondary N) is 1. The molecule has 0 radical (unpaired) electrons. The minimum atomic E-state index is -0.111. The normalized spacial score (nSPS) is 10.0. The number of amides is 2. The summed E-state index contributed by atoms with van der Waals surface area (Å²) < 4.78 is 4.88. The molecule has 0 fully saturated rings. The molecule has 0 atom stereocenters. The minimum absolute atomic E-state index is 0.111. The Bertz CT molecular complexity index is 290. The molecule has 1 heterocycles. The van der Waals surface area contributed by atoms with Crippen LogP contribution >= 0.6 is 11.3 Å². The number of rotatable bonds is 5. The summed E-state index contributed by atoms with van der Waals surface area (Å²) in [5.74, 6) is 0. The molecule has 6 heteroatoms. The van der Waals surface area contributed by atoms with Crippen LogP contribution in [0.5, 0.6) is 0 Å². The van der Waals surface area contributed by atoms with E-state index in [4.69, 9.17) is 4.74 Å². The second-order valence-corrected chi connectivity index (χ2v) is 3.77. The van der Waals surface area contributed by atoms with Gasteiger partial charge in [0.1, 0.15) is 0 Å². The third kappa shape index (κ3) is 4.26. The number of aromatic nitrogens is 1. The maximum Gasteiger partial charge on any atom is 0.317 e. The van der Waals surface area contributed by atoms with E-state index in [1.165, 1.54) is 11.3 Å². The average Bonchev–Trinajstić information content (AvgIpc) is 2.75. The van der Waals surface area contributed by atoms with E-state index in [-0.39, 0.29) is 6.03 Å². The highest BCUT2D eigenvalue weighted by Crippen LogP contribution is 1.99. The Morgan fingerprint density at radius 1 is 1.73 bits per heavy atom. The van der Waals surface area contributed by atoms with Gasteiger partial charge in [0.25, 0.3) is 0 Å². The van der Waals surface area contributed by atoms with Crippen molar-refractivity contribution in [2.75, 3.05) is 27.3 Å². The maximum absolute atomic E-state index is 11.5. The van der Waals surface area contributed by atoms with Crippen LogP contribution in [0.4, 0.5) is 4.79 Å². The topological polar surface area (TPSA) is 54.5 Å². The predicted octanol–water partition coefficient (Wildman–Crippen LogP) is 0.931. The summed E-state index contributed by atoms with van der Waals surface area (Å²) >= 11 is 1.52. The van der Waals surface area contributed by atoms with Crippen LogP contribution in [0.3, 0.4) is 0 Å². The average molecular weight is 229 g/mol. The Balaban J connectivity index is 2.23. The molecule has 0 unspecified atom stereocenters. The highest BCUT2D eigenvalue weighted by atomic mass is 32.1. The van der Waals surface area contributed by atoms with Crippen LogP contribution in [-0.4, -0.2) is 43.2 Å². The lowest BCUT2D eigenvalue weighted by Crippen LogP contribution is -2.38. The zero-order valence-electron chi connectivity index (χ0n) is 8.90. The molecule has 2 amide bonds. The van der Waals surface area contributed by atoms with Gasteiger partial charge in [0, 0.05) is 26.1 Å². The van der Waals surface area contributed by atoms with Crippen molar-refractivity contribution >= 4 is 17.4 Å². The van der Waals surface area contributed by atoms with Crippen LogP contribution < -0.4 is 5.32 Å². The lowest BCUT2D eigenvalue weighted by Gasteiger charge is -2.16. The largest absolute Gasteiger partial charge is 0.383 e. The van der Waals surface area contributed by atoms with E-state index in [1.54, 1.807) is 24.6 Å². The van der Waals surface area contributed by atoms with Crippen LogP contribution in [0.25, 0.3) is 0 Å². The van der Waals surface area contributed by atoms with Crippen LogP contribution in [-0.2, 0) is 11.3 Å². The number of hydrogen-bond donors (Lipinski definition) is 1. The Kier molecular flexibility index (Phi) is 5.06. The zero-order chi connectivity index (χ0) is 11.1. The van der Waals surface area contributed by atoms with Gasteiger partial charge in [0.15, 0.2) is 0 Å². The molecule has 1 aromatic rings. The zero-order valence-corrected chi connectivity index (χ0v) is 9.71. The minimum Gasteiger partial charge on any atom is -0.383 e. The second kappa shape index (κ2) is 6.36. The standard InChI is InChI=1S/C9H15N3O2S/c1-12(3-4-14-2)9(13)10-5-8-6-15-7-11-8/h6-7H,3-5H2,1-2H3,(H,10,13). The smallest absolute Gasteiger partial charge is 0.317 e. The third-order valence-corrected chi connectivity index (χ3v) is 2.52. The van der Waals surface area contributed by atoms with Gasteiger partial charge in [-0.2, -0.15) is 0 Å². The molecule has 0 aliphatic rings. The number of carbonyl (C=O) groups excluding carboxylic acids is 1. The molecule has 0 aromatic carbocycles. The van der Waals surface area contributed by atoms with Crippen LogP contribution in [0.15, 0.2) is 10.9 Å². The number of methoxy groups -OCH3 is 1. The van der Waals surface area contributed by atoms with Crippen molar-refractivity contribution in [2.45, 2.75) is 6.54 Å². The molecule has 1 N–H and O–H groups in total. The summed E-state index contributed by atoms with van der Waals surface area (Å²) in [5.41, 5.74) is 2.63. The molecule has 0 aliphatic heterocycles. The quantitative estimate of drug-likeness (QED) is 0.817. The van der Waals surface area contributed by atoms with Gasteiger partial charge in [-0.1, -0.05) is 0 Å². The van der Waals surface area contributed by atoms with Crippen molar-refractivity contribution in [3.63, 3.8) is 0 Å². The monoisotopic (exact) mass is 229 g/mol. The number of likely N-dealkylation sites (N-methyl/N-ethyl adjacent to an activating group) is 1. The number of urea groups is 1. The van der Waals surface area contributed by atoms with Gasteiger partial charge >= 0.3 is 6.03 Å². The van der Waals surface area contributed by atoms with E-state index in [1.807, 2.05) is 5.38 Å². The lowest BCUT2D eigenvalue weighted by atomic mass is 10.5. The van der Waals surface area contributed by atoms with E-state index in [9.17, 15) is 4.79 Å². The fraction of sp³-hybridized carbons (Fsp3) is 0.556. The van der Waals surface area contributed by atoms with Crippen LogP contribution in [0.1, 0.15) is 5.69 Å². The summed E-state index contributed by atoms with van der Waals surface area (Å²) in [7, 11) is 3.34. The predicted molar refractivity (Wildman–Crippen MR) is 58.9 cm³/mol. The molecule has 0 aliphatic carbocycles. The molecule has 0 bridgehead atoms. The molecule has 5 nitrogen and oxygen atoms in total. The van der Waals surface area contributed by atoms with Crippen LogP contribution in [0.2, 0.25) is 0 Å². The van der Waals surface area contributed by atoms with E-state index >= 15 is 0 Å². The van der Waals surface area contributed by atoms with Crippen molar-refractivity contribution < 1.29 is 9.53 Å². The maximum atomic E-state index is 11.5. The molecule has 84 valence electrons. The van der Waals surface area contributed by atoms with Gasteiger partial charge in [0.2, 0.25) is 0 Å². The second-order valence-electron chi connectivity index (χ2n) is 3.05. The van der Waals surface area contributed by atoms with Crippen molar-refractivity contribution in [3.05, 3.63) is 16.6 Å². The first-order chi connectivity index (χ1) is 7.24. The molecular formula is C9H15N3O2S. The molecule has 15 heavy (non-hydrogen) atoms. The number of hydrogen-bond acceptors (Lipinski definition) is 4. The van der Waals surface area contributed by atoms with E-state index in [0.717, 1.165) is 5.69 Å². The fourth-order valence-electron chi connectivity index (χ4n) is 0.956. The molecule has 0 spiro atoms. The number of nitrogens with zero attached hydrogens (tertiary/aromatic N) is 2. The third-order valence-electron chi connectivity index (χ3n) is 1.88.